The lowest BCUT2D eigenvalue weighted by molar-refractivity contribution is 0.0755. The van der Waals surface area contributed by atoms with E-state index in [-0.39, 0.29) is 0 Å². The number of rotatable bonds is 9. The molecule has 2 unspecified atom stereocenters. The van der Waals surface area contributed by atoms with Crippen LogP contribution in [0.2, 0.25) is 0 Å². The van der Waals surface area contributed by atoms with Crippen LogP contribution in [0.3, 0.4) is 0 Å². The first-order valence-electron chi connectivity index (χ1n) is 8.68. The van der Waals surface area contributed by atoms with Crippen LogP contribution in [0, 0.1) is 22.7 Å². The Hall–Kier alpha value is 0. The molecule has 0 aliphatic carbocycles. The van der Waals surface area contributed by atoms with Crippen LogP contribution in [-0.4, -0.2) is 0 Å². The third-order valence-electron chi connectivity index (χ3n) is 5.02. The molecule has 0 aromatic heterocycles. The van der Waals surface area contributed by atoms with Crippen LogP contribution in [0.4, 0.5) is 0 Å². The van der Waals surface area contributed by atoms with E-state index in [1.165, 1.54) is 44.9 Å². The standard InChI is InChI=1S/C19H40/c1-9-12-13-14-16(10-2)17(15-18(4,5)6)19(7,8)11-3/h16-17H,9-15H2,1-8H3. The van der Waals surface area contributed by atoms with Gasteiger partial charge in [0, 0.05) is 0 Å². The number of hydrogen-bond acceptors (Lipinski definition) is 0. The lowest BCUT2D eigenvalue weighted by Crippen LogP contribution is -2.33. The minimum atomic E-state index is 0.454. The number of unbranched alkanes of at least 4 members (excludes halogenated alkanes) is 2. The minimum Gasteiger partial charge on any atom is -0.0654 e. The van der Waals surface area contributed by atoms with Crippen molar-refractivity contribution in [2.75, 3.05) is 0 Å². The van der Waals surface area contributed by atoms with E-state index in [1.807, 2.05) is 0 Å². The van der Waals surface area contributed by atoms with Crippen LogP contribution < -0.4 is 0 Å². The summed E-state index contributed by atoms with van der Waals surface area (Å²) >= 11 is 0. The van der Waals surface area contributed by atoms with Crippen LogP contribution in [0.25, 0.3) is 0 Å². The zero-order valence-electron chi connectivity index (χ0n) is 15.1. The zero-order valence-corrected chi connectivity index (χ0v) is 15.1. The summed E-state index contributed by atoms with van der Waals surface area (Å²) in [7, 11) is 0. The van der Waals surface area contributed by atoms with Gasteiger partial charge in [0.1, 0.15) is 0 Å². The molecule has 19 heavy (non-hydrogen) atoms. The maximum atomic E-state index is 2.49. The zero-order chi connectivity index (χ0) is 15.1. The topological polar surface area (TPSA) is 0 Å². The van der Waals surface area contributed by atoms with Gasteiger partial charge in [0.15, 0.2) is 0 Å². The minimum absolute atomic E-state index is 0.454. The molecule has 0 rings (SSSR count). The first kappa shape index (κ1) is 19.0. The average molecular weight is 269 g/mol. The van der Waals surface area contributed by atoms with E-state index in [9.17, 15) is 0 Å². The normalized spacial score (nSPS) is 16.4. The van der Waals surface area contributed by atoms with Crippen LogP contribution in [0.1, 0.15) is 100 Å². The van der Waals surface area contributed by atoms with Crippen molar-refractivity contribution < 1.29 is 0 Å². The molecule has 0 aromatic carbocycles. The molecule has 0 saturated heterocycles. The summed E-state index contributed by atoms with van der Waals surface area (Å²) in [6, 6.07) is 0. The summed E-state index contributed by atoms with van der Waals surface area (Å²) in [6.07, 6.45) is 9.65. The van der Waals surface area contributed by atoms with Crippen molar-refractivity contribution in [1.29, 1.82) is 0 Å². The highest BCUT2D eigenvalue weighted by Gasteiger charge is 2.35. The van der Waals surface area contributed by atoms with E-state index < -0.39 is 0 Å². The third-order valence-corrected chi connectivity index (χ3v) is 5.02. The monoisotopic (exact) mass is 268 g/mol. The van der Waals surface area contributed by atoms with E-state index in [2.05, 4.69) is 55.4 Å². The van der Waals surface area contributed by atoms with Crippen molar-refractivity contribution in [2.24, 2.45) is 22.7 Å². The molecule has 0 aliphatic heterocycles. The van der Waals surface area contributed by atoms with E-state index in [0.29, 0.717) is 10.8 Å². The summed E-state index contributed by atoms with van der Waals surface area (Å²) < 4.78 is 0. The maximum Gasteiger partial charge on any atom is -0.0326 e. The SMILES string of the molecule is CCCCCC(CC)C(CC(C)(C)C)C(C)(C)CC. The van der Waals surface area contributed by atoms with Gasteiger partial charge in [-0.2, -0.15) is 0 Å². The van der Waals surface area contributed by atoms with Crippen molar-refractivity contribution >= 4 is 0 Å². The molecular weight excluding hydrogens is 228 g/mol. The van der Waals surface area contributed by atoms with Gasteiger partial charge in [-0.3, -0.25) is 0 Å². The Morgan fingerprint density at radius 2 is 1.42 bits per heavy atom. The second-order valence-corrected chi connectivity index (χ2v) is 8.38. The highest BCUT2D eigenvalue weighted by molar-refractivity contribution is 4.85. The molecule has 0 nitrogen and oxygen atoms in total. The van der Waals surface area contributed by atoms with Gasteiger partial charge in [0.25, 0.3) is 0 Å². The van der Waals surface area contributed by atoms with Crippen LogP contribution in [0.5, 0.6) is 0 Å². The highest BCUT2D eigenvalue weighted by Crippen LogP contribution is 2.45. The first-order valence-corrected chi connectivity index (χ1v) is 8.68. The molecule has 0 amide bonds. The van der Waals surface area contributed by atoms with Gasteiger partial charge in [-0.05, 0) is 29.1 Å². The van der Waals surface area contributed by atoms with Crippen LogP contribution in [0.15, 0.2) is 0 Å². The highest BCUT2D eigenvalue weighted by atomic mass is 14.4. The molecule has 0 aromatic rings. The Bertz CT molecular complexity index is 219. The van der Waals surface area contributed by atoms with Crippen molar-refractivity contribution in [3.63, 3.8) is 0 Å². The van der Waals surface area contributed by atoms with Crippen molar-refractivity contribution in [1.82, 2.24) is 0 Å². The van der Waals surface area contributed by atoms with Crippen molar-refractivity contribution in [2.45, 2.75) is 100 Å². The lowest BCUT2D eigenvalue weighted by atomic mass is 9.63. The molecule has 2 atom stereocenters. The first-order chi connectivity index (χ1) is 8.68. The van der Waals surface area contributed by atoms with Crippen LogP contribution >= 0.6 is 0 Å². The maximum absolute atomic E-state index is 2.49. The molecule has 116 valence electrons. The summed E-state index contributed by atoms with van der Waals surface area (Å²) in [4.78, 5) is 0. The van der Waals surface area contributed by atoms with Crippen LogP contribution in [-0.2, 0) is 0 Å². The van der Waals surface area contributed by atoms with Gasteiger partial charge in [-0.25, -0.2) is 0 Å². The smallest absolute Gasteiger partial charge is 0.0326 e. The number of hydrogen-bond donors (Lipinski definition) is 0. The Balaban J connectivity index is 4.86. The van der Waals surface area contributed by atoms with E-state index >= 15 is 0 Å². The Kier molecular flexibility index (Phi) is 8.32. The van der Waals surface area contributed by atoms with E-state index in [0.717, 1.165) is 11.8 Å². The molecule has 0 aliphatic rings. The average Bonchev–Trinajstić information content (AvgIpc) is 2.31. The molecule has 0 fully saturated rings. The van der Waals surface area contributed by atoms with Crippen molar-refractivity contribution in [3.05, 3.63) is 0 Å². The quantitative estimate of drug-likeness (QED) is 0.392. The fourth-order valence-electron chi connectivity index (χ4n) is 3.35. The summed E-state index contributed by atoms with van der Waals surface area (Å²) in [6.45, 7) is 19.3. The predicted octanol–water partition coefficient (Wildman–Crippen LogP) is 7.08. The fourth-order valence-corrected chi connectivity index (χ4v) is 3.35. The fraction of sp³-hybridized carbons (Fsp3) is 1.00. The Labute approximate surface area is 123 Å². The molecular formula is C19H40. The lowest BCUT2D eigenvalue weighted by Gasteiger charge is -2.42. The van der Waals surface area contributed by atoms with Gasteiger partial charge in [0.2, 0.25) is 0 Å². The summed E-state index contributed by atoms with van der Waals surface area (Å²) in [5, 5.41) is 0. The van der Waals surface area contributed by atoms with E-state index in [4.69, 9.17) is 0 Å². The molecule has 0 heterocycles. The molecule has 0 radical (unpaired) electrons. The van der Waals surface area contributed by atoms with Crippen molar-refractivity contribution in [3.8, 4) is 0 Å². The molecule has 0 bridgehead atoms. The molecule has 0 spiro atoms. The molecule has 0 heteroatoms. The van der Waals surface area contributed by atoms with Gasteiger partial charge >= 0.3 is 0 Å². The second kappa shape index (κ2) is 8.32. The third kappa shape index (κ3) is 7.37. The second-order valence-electron chi connectivity index (χ2n) is 8.38. The Morgan fingerprint density at radius 1 is 0.842 bits per heavy atom. The Morgan fingerprint density at radius 3 is 1.79 bits per heavy atom. The largest absolute Gasteiger partial charge is 0.0654 e. The molecule has 0 saturated carbocycles. The van der Waals surface area contributed by atoms with Gasteiger partial charge < -0.3 is 0 Å². The summed E-state index contributed by atoms with van der Waals surface area (Å²) in [5.74, 6) is 1.79. The van der Waals surface area contributed by atoms with Gasteiger partial charge in [-0.1, -0.05) is 93.9 Å². The van der Waals surface area contributed by atoms with E-state index in [1.54, 1.807) is 0 Å². The van der Waals surface area contributed by atoms with Gasteiger partial charge in [-0.15, -0.1) is 0 Å². The summed E-state index contributed by atoms with van der Waals surface area (Å²) in [5.41, 5.74) is 0.940. The molecule has 0 N–H and O–H groups in total. The van der Waals surface area contributed by atoms with Gasteiger partial charge in [0.05, 0.1) is 0 Å². The predicted molar refractivity (Wildman–Crippen MR) is 89.6 cm³/mol.